The zero-order chi connectivity index (χ0) is 13.4. The highest BCUT2D eigenvalue weighted by Crippen LogP contribution is 2.28. The van der Waals surface area contributed by atoms with Gasteiger partial charge < -0.3 is 10.0 Å². The van der Waals surface area contributed by atoms with Crippen LogP contribution in [0, 0.1) is 0 Å². The van der Waals surface area contributed by atoms with Crippen LogP contribution in [-0.2, 0) is 4.79 Å². The van der Waals surface area contributed by atoms with Crippen molar-refractivity contribution < 1.29 is 9.90 Å². The lowest BCUT2D eigenvalue weighted by molar-refractivity contribution is -0.121. The number of β-amino-alcohol motifs (C(OH)–C–C–N with tert-alkyl or cyclic N) is 1. The number of benzene rings is 1. The summed E-state index contributed by atoms with van der Waals surface area (Å²) in [6.45, 7) is 2.14. The van der Waals surface area contributed by atoms with Gasteiger partial charge in [-0.2, -0.15) is 0 Å². The van der Waals surface area contributed by atoms with Gasteiger partial charge in [0.1, 0.15) is 0 Å². The van der Waals surface area contributed by atoms with Crippen molar-refractivity contribution in [3.05, 3.63) is 29.3 Å². The lowest BCUT2D eigenvalue weighted by Crippen LogP contribution is -2.41. The molecule has 19 heavy (non-hydrogen) atoms. The first-order valence-corrected chi connectivity index (χ1v) is 7.02. The number of hydrogen-bond acceptors (Lipinski definition) is 3. The molecule has 4 nitrogen and oxygen atoms in total. The summed E-state index contributed by atoms with van der Waals surface area (Å²) in [5.41, 5.74) is 0.861. The van der Waals surface area contributed by atoms with Crippen LogP contribution in [0.1, 0.15) is 12.8 Å². The largest absolute Gasteiger partial charge is 0.392 e. The van der Waals surface area contributed by atoms with Gasteiger partial charge in [0.25, 0.3) is 0 Å². The molecule has 1 aromatic carbocycles. The molecule has 2 aliphatic heterocycles. The third kappa shape index (κ3) is 2.48. The van der Waals surface area contributed by atoms with Crippen molar-refractivity contribution in [1.82, 2.24) is 4.90 Å². The minimum absolute atomic E-state index is 0.0869. The second kappa shape index (κ2) is 5.12. The maximum Gasteiger partial charge on any atom is 0.244 e. The smallest absolute Gasteiger partial charge is 0.244 e. The number of nitrogens with zero attached hydrogens (tertiary/aromatic N) is 2. The zero-order valence-corrected chi connectivity index (χ0v) is 11.4. The average molecular weight is 281 g/mol. The Labute approximate surface area is 117 Å². The lowest BCUT2D eigenvalue weighted by Gasteiger charge is -2.23. The maximum atomic E-state index is 12.5. The molecule has 1 aromatic rings. The van der Waals surface area contributed by atoms with E-state index in [1.807, 2.05) is 18.2 Å². The molecule has 3 rings (SSSR count). The summed E-state index contributed by atoms with van der Waals surface area (Å²) < 4.78 is 0. The monoisotopic (exact) mass is 280 g/mol. The molecule has 2 aliphatic rings. The summed E-state index contributed by atoms with van der Waals surface area (Å²) in [5, 5.41) is 10.2. The first-order chi connectivity index (χ1) is 9.15. The number of carbonyl (C=O) groups is 1. The molecule has 2 fully saturated rings. The second-order valence-electron chi connectivity index (χ2n) is 5.21. The summed E-state index contributed by atoms with van der Waals surface area (Å²) in [4.78, 5) is 16.4. The predicted molar refractivity (Wildman–Crippen MR) is 74.4 cm³/mol. The van der Waals surface area contributed by atoms with Gasteiger partial charge in [0, 0.05) is 30.3 Å². The fraction of sp³-hybridized carbons (Fsp3) is 0.500. The first-order valence-electron chi connectivity index (χ1n) is 6.64. The highest BCUT2D eigenvalue weighted by Gasteiger charge is 2.39. The molecule has 0 saturated carbocycles. The van der Waals surface area contributed by atoms with E-state index in [9.17, 15) is 9.90 Å². The molecule has 0 aromatic heterocycles. The predicted octanol–water partition coefficient (Wildman–Crippen LogP) is 1.51. The molecule has 2 saturated heterocycles. The van der Waals surface area contributed by atoms with Crippen molar-refractivity contribution in [3.63, 3.8) is 0 Å². The molecule has 1 amide bonds. The molecule has 2 heterocycles. The van der Waals surface area contributed by atoms with Crippen LogP contribution in [0.25, 0.3) is 0 Å². The molecule has 0 bridgehead atoms. The Hall–Kier alpha value is -1.10. The minimum Gasteiger partial charge on any atom is -0.392 e. The van der Waals surface area contributed by atoms with Crippen molar-refractivity contribution in [2.24, 2.45) is 0 Å². The molecular formula is C14H17ClN2O2. The molecule has 0 radical (unpaired) electrons. The van der Waals surface area contributed by atoms with Crippen LogP contribution < -0.4 is 4.90 Å². The van der Waals surface area contributed by atoms with E-state index in [2.05, 4.69) is 4.90 Å². The average Bonchev–Trinajstić information content (AvgIpc) is 2.95. The topological polar surface area (TPSA) is 43.8 Å². The van der Waals surface area contributed by atoms with Crippen molar-refractivity contribution in [3.8, 4) is 0 Å². The van der Waals surface area contributed by atoms with Crippen molar-refractivity contribution in [2.45, 2.75) is 25.0 Å². The number of anilines is 1. The lowest BCUT2D eigenvalue weighted by atomic mass is 10.2. The first kappa shape index (κ1) is 12.9. The van der Waals surface area contributed by atoms with E-state index in [1.165, 1.54) is 0 Å². The Balaban J connectivity index is 1.75. The second-order valence-corrected chi connectivity index (χ2v) is 5.65. The van der Waals surface area contributed by atoms with Crippen LogP contribution >= 0.6 is 11.6 Å². The van der Waals surface area contributed by atoms with E-state index in [-0.39, 0.29) is 18.1 Å². The van der Waals surface area contributed by atoms with Gasteiger partial charge in [0.2, 0.25) is 5.91 Å². The van der Waals surface area contributed by atoms with Gasteiger partial charge in [-0.15, -0.1) is 0 Å². The molecule has 0 aliphatic carbocycles. The van der Waals surface area contributed by atoms with E-state index in [1.54, 1.807) is 11.0 Å². The molecule has 1 unspecified atom stereocenters. The summed E-state index contributed by atoms with van der Waals surface area (Å²) >= 11 is 5.97. The number of amides is 1. The van der Waals surface area contributed by atoms with Crippen molar-refractivity contribution in [2.75, 3.05) is 24.5 Å². The quantitative estimate of drug-likeness (QED) is 0.893. The Morgan fingerprint density at radius 2 is 2.11 bits per heavy atom. The molecule has 5 heteroatoms. The van der Waals surface area contributed by atoms with E-state index in [4.69, 9.17) is 11.6 Å². The molecule has 102 valence electrons. The van der Waals surface area contributed by atoms with Crippen LogP contribution in [0.4, 0.5) is 5.69 Å². The number of aliphatic hydroxyl groups is 1. The fourth-order valence-corrected chi connectivity index (χ4v) is 3.14. The van der Waals surface area contributed by atoms with Gasteiger partial charge in [-0.25, -0.2) is 0 Å². The normalized spacial score (nSPS) is 28.3. The zero-order valence-electron chi connectivity index (χ0n) is 10.6. The summed E-state index contributed by atoms with van der Waals surface area (Å²) in [6, 6.07) is 7.31. The molecule has 2 atom stereocenters. The van der Waals surface area contributed by atoms with E-state index in [0.29, 0.717) is 11.6 Å². The van der Waals surface area contributed by atoms with Gasteiger partial charge in [-0.3, -0.25) is 9.69 Å². The van der Waals surface area contributed by atoms with Crippen molar-refractivity contribution in [1.29, 1.82) is 0 Å². The van der Waals surface area contributed by atoms with Crippen LogP contribution in [-0.4, -0.2) is 47.7 Å². The molecule has 1 N–H and O–H groups in total. The maximum absolute atomic E-state index is 12.5. The summed E-state index contributed by atoms with van der Waals surface area (Å²) in [6.07, 6.45) is 1.30. The third-order valence-electron chi connectivity index (χ3n) is 3.93. The van der Waals surface area contributed by atoms with Crippen LogP contribution in [0.3, 0.4) is 0 Å². The minimum atomic E-state index is -0.284. The molecular weight excluding hydrogens is 264 g/mol. The van der Waals surface area contributed by atoms with Gasteiger partial charge in [0.05, 0.1) is 12.1 Å². The number of likely N-dealkylation sites (tertiary alicyclic amines) is 1. The van der Waals surface area contributed by atoms with Crippen LogP contribution in [0.15, 0.2) is 24.3 Å². The van der Waals surface area contributed by atoms with Gasteiger partial charge >= 0.3 is 0 Å². The SMILES string of the molecule is O=C1C(N2CC[C@H](O)C2)CCN1c1cccc(Cl)c1. The number of aliphatic hydroxyl groups excluding tert-OH is 1. The highest BCUT2D eigenvalue weighted by molar-refractivity contribution is 6.30. The third-order valence-corrected chi connectivity index (χ3v) is 4.17. The fourth-order valence-electron chi connectivity index (χ4n) is 2.96. The standard InChI is InChI=1S/C14H17ClN2O2/c15-10-2-1-3-11(8-10)17-7-5-13(14(17)19)16-6-4-12(18)9-16/h1-3,8,12-13,18H,4-7,9H2/t12-,13?/m0/s1. The van der Waals surface area contributed by atoms with Crippen LogP contribution in [0.5, 0.6) is 0 Å². The highest BCUT2D eigenvalue weighted by atomic mass is 35.5. The number of rotatable bonds is 2. The number of halogens is 1. The Kier molecular flexibility index (Phi) is 3.48. The Bertz CT molecular complexity index is 494. The van der Waals surface area contributed by atoms with Gasteiger partial charge in [-0.05, 0) is 31.0 Å². The van der Waals surface area contributed by atoms with Crippen LogP contribution in [0.2, 0.25) is 5.02 Å². The van der Waals surface area contributed by atoms with Crippen molar-refractivity contribution >= 4 is 23.2 Å². The van der Waals surface area contributed by atoms with E-state index in [0.717, 1.165) is 31.6 Å². The summed E-state index contributed by atoms with van der Waals surface area (Å²) in [5.74, 6) is 0.122. The number of carbonyl (C=O) groups excluding carboxylic acids is 1. The Morgan fingerprint density at radius 3 is 2.79 bits per heavy atom. The number of hydrogen-bond donors (Lipinski definition) is 1. The van der Waals surface area contributed by atoms with E-state index < -0.39 is 0 Å². The summed E-state index contributed by atoms with van der Waals surface area (Å²) in [7, 11) is 0. The molecule has 0 spiro atoms. The Morgan fingerprint density at radius 1 is 1.26 bits per heavy atom. The van der Waals surface area contributed by atoms with Gasteiger partial charge in [0.15, 0.2) is 0 Å². The van der Waals surface area contributed by atoms with Gasteiger partial charge in [-0.1, -0.05) is 17.7 Å². The van der Waals surface area contributed by atoms with E-state index >= 15 is 0 Å².